The van der Waals surface area contributed by atoms with Crippen molar-refractivity contribution in [3.63, 3.8) is 0 Å². The molecule has 3 aromatic rings. The molecule has 0 fully saturated rings. The SMILES string of the molecule is CC(C)=CCN1Cc2c(OCCOCCOCCOCCOCCOCCn3c(=O)ccn([C@H]4C=C[C@@H](COP(=O)(O)OP(=O)(O)OP(=O)(O)O)O4)c3=O)ccc3[nH]c(=S)n(c23)C[C@@H]1C. The van der Waals surface area contributed by atoms with E-state index in [2.05, 4.69) is 54.4 Å². The second-order valence-corrected chi connectivity index (χ2v) is 19.6. The average molecular weight is 1000 g/mol. The van der Waals surface area contributed by atoms with Crippen molar-refractivity contribution in [2.45, 2.75) is 58.8 Å². The number of H-pyrrole nitrogens is 1. The van der Waals surface area contributed by atoms with Crippen molar-refractivity contribution in [3.8, 4) is 5.75 Å². The summed E-state index contributed by atoms with van der Waals surface area (Å²) in [6, 6.07) is 5.43. The molecule has 364 valence electrons. The fraction of sp³-hybridized carbons (Fsp3) is 0.595. The van der Waals surface area contributed by atoms with Crippen LogP contribution in [0, 0.1) is 4.77 Å². The zero-order valence-corrected chi connectivity index (χ0v) is 39.5. The molecule has 0 amide bonds. The molecule has 0 aliphatic carbocycles. The van der Waals surface area contributed by atoms with Gasteiger partial charge in [0.25, 0.3) is 5.56 Å². The third kappa shape index (κ3) is 16.9. The Balaban J connectivity index is 0.879. The quantitative estimate of drug-likeness (QED) is 0.0289. The summed E-state index contributed by atoms with van der Waals surface area (Å²) in [6.45, 7) is 11.4. The fourth-order valence-electron chi connectivity index (χ4n) is 6.55. The summed E-state index contributed by atoms with van der Waals surface area (Å²) in [6.07, 6.45) is 4.00. The van der Waals surface area contributed by atoms with E-state index in [0.29, 0.717) is 63.7 Å². The summed E-state index contributed by atoms with van der Waals surface area (Å²) >= 11 is 5.65. The van der Waals surface area contributed by atoms with Gasteiger partial charge < -0.3 is 62.3 Å². The summed E-state index contributed by atoms with van der Waals surface area (Å²) < 4.78 is 90.7. The molecule has 5 atom stereocenters. The Morgan fingerprint density at radius 3 is 2.08 bits per heavy atom. The molecule has 0 bridgehead atoms. The molecule has 0 saturated heterocycles. The lowest BCUT2D eigenvalue weighted by Gasteiger charge is -2.26. The van der Waals surface area contributed by atoms with Crippen LogP contribution >= 0.6 is 35.7 Å². The molecule has 28 heteroatoms. The molecule has 0 radical (unpaired) electrons. The van der Waals surface area contributed by atoms with Gasteiger partial charge in [0.1, 0.15) is 18.5 Å². The number of hydrogen-bond acceptors (Lipinski definition) is 17. The van der Waals surface area contributed by atoms with E-state index < -0.39 is 53.7 Å². The molecule has 2 unspecified atom stereocenters. The molecule has 2 aliphatic heterocycles. The predicted molar refractivity (Wildman–Crippen MR) is 234 cm³/mol. The van der Waals surface area contributed by atoms with Crippen LogP contribution in [0.15, 0.2) is 57.8 Å². The van der Waals surface area contributed by atoms with Crippen LogP contribution in [0.1, 0.15) is 32.6 Å². The molecule has 4 heterocycles. The fourth-order valence-corrected chi connectivity index (χ4v) is 9.85. The number of phosphoric acid groups is 3. The van der Waals surface area contributed by atoms with E-state index in [1.807, 2.05) is 12.1 Å². The molecule has 24 nitrogen and oxygen atoms in total. The monoisotopic (exact) mass is 999 g/mol. The highest BCUT2D eigenvalue weighted by molar-refractivity contribution is 7.71. The number of aromatic amines is 1. The lowest BCUT2D eigenvalue weighted by molar-refractivity contribution is -0.0141. The number of aromatic nitrogens is 4. The maximum Gasteiger partial charge on any atom is 0.490 e. The van der Waals surface area contributed by atoms with E-state index in [1.165, 1.54) is 23.9 Å². The smallest absolute Gasteiger partial charge is 0.490 e. The van der Waals surface area contributed by atoms with Crippen LogP contribution in [0.4, 0.5) is 0 Å². The second-order valence-electron chi connectivity index (χ2n) is 14.8. The van der Waals surface area contributed by atoms with Crippen molar-refractivity contribution in [3.05, 3.63) is 79.4 Å². The first-order chi connectivity index (χ1) is 30.8. The van der Waals surface area contributed by atoms with Crippen LogP contribution in [0.2, 0.25) is 0 Å². The maximum atomic E-state index is 13.0. The number of ether oxygens (including phenoxy) is 7. The Bertz CT molecular complexity index is 2430. The summed E-state index contributed by atoms with van der Waals surface area (Å²) in [5.41, 5.74) is 3.14. The van der Waals surface area contributed by atoms with Gasteiger partial charge in [-0.1, -0.05) is 17.7 Å². The van der Waals surface area contributed by atoms with Gasteiger partial charge >= 0.3 is 29.2 Å². The maximum absolute atomic E-state index is 13.0. The van der Waals surface area contributed by atoms with Crippen LogP contribution in [-0.2, 0) is 74.9 Å². The van der Waals surface area contributed by atoms with E-state index in [-0.39, 0.29) is 26.4 Å². The van der Waals surface area contributed by atoms with Crippen LogP contribution < -0.4 is 16.0 Å². The average Bonchev–Trinajstić information content (AvgIpc) is 3.77. The van der Waals surface area contributed by atoms with Crippen molar-refractivity contribution in [2.75, 3.05) is 85.8 Å². The first-order valence-electron chi connectivity index (χ1n) is 20.4. The lowest BCUT2D eigenvalue weighted by Crippen LogP contribution is -2.41. The minimum absolute atomic E-state index is 0.00834. The first-order valence-corrected chi connectivity index (χ1v) is 25.3. The Morgan fingerprint density at radius 2 is 1.46 bits per heavy atom. The predicted octanol–water partition coefficient (Wildman–Crippen LogP) is 3.15. The van der Waals surface area contributed by atoms with Gasteiger partial charge in [0.05, 0.1) is 90.3 Å². The molecule has 1 aromatic carbocycles. The van der Waals surface area contributed by atoms with E-state index in [0.717, 1.165) is 57.2 Å². The van der Waals surface area contributed by atoms with E-state index in [1.54, 1.807) is 0 Å². The minimum atomic E-state index is -5.69. The molecule has 65 heavy (non-hydrogen) atoms. The molecule has 0 spiro atoms. The minimum Gasteiger partial charge on any atom is -0.491 e. The first kappa shape index (κ1) is 53.0. The zero-order valence-electron chi connectivity index (χ0n) is 36.0. The Kier molecular flexibility index (Phi) is 20.3. The number of imidazole rings is 1. The van der Waals surface area contributed by atoms with Gasteiger partial charge in [-0.05, 0) is 51.2 Å². The normalized spacial score (nSPS) is 19.6. The lowest BCUT2D eigenvalue weighted by atomic mass is 10.1. The second kappa shape index (κ2) is 24.9. The molecule has 5 N–H and O–H groups in total. The molecule has 2 aliphatic rings. The van der Waals surface area contributed by atoms with Crippen molar-refractivity contribution >= 4 is 46.7 Å². The molecule has 5 rings (SSSR count). The van der Waals surface area contributed by atoms with Crippen LogP contribution in [0.5, 0.6) is 5.75 Å². The van der Waals surface area contributed by atoms with Crippen LogP contribution in [-0.4, -0.2) is 141 Å². The third-order valence-corrected chi connectivity index (χ3v) is 13.7. The number of phosphoric ester groups is 1. The molecular formula is C37H56N5O19P3S. The van der Waals surface area contributed by atoms with Gasteiger partial charge in [0.2, 0.25) is 0 Å². The van der Waals surface area contributed by atoms with Crippen molar-refractivity contribution in [2.24, 2.45) is 0 Å². The van der Waals surface area contributed by atoms with Gasteiger partial charge in [-0.15, -0.1) is 0 Å². The van der Waals surface area contributed by atoms with E-state index in [9.17, 15) is 33.1 Å². The topological polar surface area (TPSA) is 292 Å². The number of allylic oxidation sites excluding steroid dienone is 1. The number of nitrogens with zero attached hydrogens (tertiary/aromatic N) is 4. The van der Waals surface area contributed by atoms with Gasteiger partial charge in [-0.2, -0.15) is 8.62 Å². The van der Waals surface area contributed by atoms with Gasteiger partial charge in [0.15, 0.2) is 11.0 Å². The van der Waals surface area contributed by atoms with Gasteiger partial charge in [-0.25, -0.2) is 18.5 Å². The number of nitrogens with one attached hydrogen (secondary N) is 1. The Labute approximate surface area is 378 Å². The summed E-state index contributed by atoms with van der Waals surface area (Å²) in [4.78, 5) is 67.4. The highest BCUT2D eigenvalue weighted by Gasteiger charge is 2.41. The number of hydrogen-bond donors (Lipinski definition) is 5. The van der Waals surface area contributed by atoms with E-state index in [4.69, 9.17) is 55.2 Å². The largest absolute Gasteiger partial charge is 0.491 e. The summed E-state index contributed by atoms with van der Waals surface area (Å²) in [5, 5.41) is 0. The van der Waals surface area contributed by atoms with Crippen molar-refractivity contribution in [1.82, 2.24) is 23.6 Å². The number of rotatable bonds is 29. The standard InChI is InChI=1S/C37H56N5O19P3S/c1-27(2)8-10-39-25-30-32(6-5-31-35(30)42(24-28(39)3)36(65)38-31)57-23-22-56-21-20-55-19-18-54-17-16-53-15-14-52-13-12-40-33(43)9-11-41(37(40)44)34-7-4-29(59-34)26-58-63(48,49)61-64(50,51)60-62(45,46)47/h4-9,11,28-29,34H,10,12-26H2,1-3H3,(H,38,65)(H,48,49)(H,50,51)(H2,45,46,47)/t28-,29-,34+/m0/s1. The third-order valence-electron chi connectivity index (χ3n) is 9.59. The zero-order chi connectivity index (χ0) is 47.2. The van der Waals surface area contributed by atoms with E-state index >= 15 is 0 Å². The van der Waals surface area contributed by atoms with Gasteiger partial charge in [-0.3, -0.25) is 23.4 Å². The van der Waals surface area contributed by atoms with Crippen LogP contribution in [0.25, 0.3) is 11.0 Å². The molecule has 2 aromatic heterocycles. The Morgan fingerprint density at radius 1 is 0.846 bits per heavy atom. The summed E-state index contributed by atoms with van der Waals surface area (Å²) in [7, 11) is -16.6. The van der Waals surface area contributed by atoms with Crippen molar-refractivity contribution < 1.29 is 79.6 Å². The van der Waals surface area contributed by atoms with Gasteiger partial charge in [0, 0.05) is 43.5 Å². The Hall–Kier alpha value is -3.00. The molecular weight excluding hydrogens is 943 g/mol. The highest BCUT2D eigenvalue weighted by atomic mass is 32.1. The highest BCUT2D eigenvalue weighted by Crippen LogP contribution is 2.66. The van der Waals surface area contributed by atoms with Crippen molar-refractivity contribution in [1.29, 1.82) is 0 Å². The number of benzene rings is 1. The molecule has 0 saturated carbocycles. The summed E-state index contributed by atoms with van der Waals surface area (Å²) in [5.74, 6) is 0.820. The van der Waals surface area contributed by atoms with Crippen LogP contribution in [0.3, 0.4) is 0 Å².